The van der Waals surface area contributed by atoms with Gasteiger partial charge in [-0.25, -0.2) is 14.4 Å². The van der Waals surface area contributed by atoms with E-state index in [-0.39, 0.29) is 34.6 Å². The Bertz CT molecular complexity index is 2100. The van der Waals surface area contributed by atoms with Gasteiger partial charge in [-0.05, 0) is 54.8 Å². The molecule has 1 atom stereocenters. The number of hydrogen-bond acceptors (Lipinski definition) is 7. The van der Waals surface area contributed by atoms with Crippen LogP contribution in [-0.4, -0.2) is 41.1 Å². The molecule has 1 aromatic heterocycles. The molecular weight excluding hydrogens is 628 g/mol. The average Bonchev–Trinajstić information content (AvgIpc) is 3.29. The summed E-state index contributed by atoms with van der Waals surface area (Å²) in [7, 11) is 0. The third kappa shape index (κ3) is 5.94. The van der Waals surface area contributed by atoms with Crippen molar-refractivity contribution in [2.24, 2.45) is 5.92 Å². The summed E-state index contributed by atoms with van der Waals surface area (Å²) in [6.45, 7) is 4.73. The second-order valence-electron chi connectivity index (χ2n) is 12.5. The number of halogens is 1. The maximum absolute atomic E-state index is 14.1. The molecule has 8 nitrogen and oxygen atoms in total. The first-order chi connectivity index (χ1) is 23.0. The van der Waals surface area contributed by atoms with Gasteiger partial charge >= 0.3 is 17.7 Å². The third-order valence-corrected chi connectivity index (χ3v) is 9.05. The SMILES string of the molecule is Cc1ccc(C(=O)[N+]2(CC(=O)CN[C@@H](c3oc4cc(Cl)ccc4c(=O)c3Cc3ccccc3)C(C)C)C(=O)c3ccccc3C2=O)cc1. The zero-order valence-corrected chi connectivity index (χ0v) is 27.5. The Balaban J connectivity index is 1.35. The number of ketones is 1. The quantitative estimate of drug-likeness (QED) is 0.129. The number of carbonyl (C=O) groups excluding carboxylic acids is 4. The van der Waals surface area contributed by atoms with E-state index in [1.54, 1.807) is 54.6 Å². The summed E-state index contributed by atoms with van der Waals surface area (Å²) in [4.78, 5) is 69.7. The van der Waals surface area contributed by atoms with E-state index in [9.17, 15) is 24.0 Å². The predicted molar refractivity (Wildman–Crippen MR) is 183 cm³/mol. The van der Waals surface area contributed by atoms with E-state index in [4.69, 9.17) is 16.0 Å². The molecule has 0 aliphatic carbocycles. The van der Waals surface area contributed by atoms with Crippen LogP contribution in [0.2, 0.25) is 5.02 Å². The van der Waals surface area contributed by atoms with Crippen molar-refractivity contribution in [3.8, 4) is 0 Å². The van der Waals surface area contributed by atoms with Crippen LogP contribution in [0.15, 0.2) is 106 Å². The van der Waals surface area contributed by atoms with Crippen LogP contribution < -0.4 is 10.7 Å². The van der Waals surface area contributed by atoms with E-state index < -0.39 is 40.6 Å². The lowest BCUT2D eigenvalue weighted by molar-refractivity contribution is -0.665. The molecule has 48 heavy (non-hydrogen) atoms. The molecule has 242 valence electrons. The lowest BCUT2D eigenvalue weighted by Crippen LogP contribution is -2.60. The Morgan fingerprint density at radius 3 is 2.08 bits per heavy atom. The molecule has 0 fully saturated rings. The van der Waals surface area contributed by atoms with Crippen LogP contribution >= 0.6 is 11.6 Å². The van der Waals surface area contributed by atoms with Gasteiger partial charge in [0.25, 0.3) is 0 Å². The molecule has 0 radical (unpaired) electrons. The Labute approximate surface area is 282 Å². The normalized spacial score (nSPS) is 14.4. The summed E-state index contributed by atoms with van der Waals surface area (Å²) in [5.41, 5.74) is 2.71. The number of nitrogens with zero attached hydrogens (tertiary/aromatic N) is 1. The molecule has 0 bridgehead atoms. The Kier molecular flexibility index (Phi) is 9.07. The zero-order valence-electron chi connectivity index (χ0n) is 26.8. The number of benzene rings is 4. The smallest absolute Gasteiger partial charge is 0.362 e. The fourth-order valence-electron chi connectivity index (χ4n) is 6.29. The number of nitrogens with one attached hydrogen (secondary N) is 1. The summed E-state index contributed by atoms with van der Waals surface area (Å²) >= 11 is 6.26. The molecule has 1 aliphatic rings. The number of hydrogen-bond donors (Lipinski definition) is 1. The van der Waals surface area contributed by atoms with E-state index in [0.29, 0.717) is 33.7 Å². The third-order valence-electron chi connectivity index (χ3n) is 8.81. The number of quaternary nitrogens is 1. The summed E-state index contributed by atoms with van der Waals surface area (Å²) in [6.07, 6.45) is 0.294. The van der Waals surface area contributed by atoms with Crippen molar-refractivity contribution in [2.45, 2.75) is 33.2 Å². The standard InChI is InChI=1S/C39H34ClN2O6/c1-23(2)34(36-32(19-25-9-5-4-6-10-25)35(44)31-18-17-27(40)20-33(31)48-36)41-21-28(43)22-42(37(45)26-15-13-24(3)14-16-26)38(46)29-11-7-8-12-30(29)39(42)47/h4-18,20,23,34,41H,19,21-22H2,1-3H3/q+1/t34-/m1/s1. The largest absolute Gasteiger partial charge is 0.459 e. The molecule has 6 rings (SSSR count). The summed E-state index contributed by atoms with van der Waals surface area (Å²) < 4.78 is 5.10. The van der Waals surface area contributed by atoms with Gasteiger partial charge in [-0.3, -0.25) is 14.9 Å². The first kappa shape index (κ1) is 32.9. The Hall–Kier alpha value is -5.02. The molecule has 3 amide bonds. The number of rotatable bonds is 10. The van der Waals surface area contributed by atoms with Crippen molar-refractivity contribution in [1.29, 1.82) is 0 Å². The number of aryl methyl sites for hydroxylation is 1. The lowest BCUT2D eigenvalue weighted by atomic mass is 9.93. The molecule has 1 N–H and O–H groups in total. The molecule has 2 heterocycles. The van der Waals surface area contributed by atoms with Crippen molar-refractivity contribution < 1.29 is 28.1 Å². The van der Waals surface area contributed by atoms with Gasteiger partial charge in [0.2, 0.25) is 5.78 Å². The maximum Gasteiger partial charge on any atom is 0.362 e. The molecule has 0 saturated carbocycles. The topological polar surface area (TPSA) is 111 Å². The van der Waals surface area contributed by atoms with Crippen LogP contribution in [0.4, 0.5) is 0 Å². The maximum atomic E-state index is 14.1. The van der Waals surface area contributed by atoms with Gasteiger partial charge in [0.05, 0.1) is 34.7 Å². The second-order valence-corrected chi connectivity index (χ2v) is 12.9. The van der Waals surface area contributed by atoms with Crippen LogP contribution in [0.25, 0.3) is 11.0 Å². The number of carbonyl (C=O) groups is 4. The van der Waals surface area contributed by atoms with Crippen molar-refractivity contribution in [3.63, 3.8) is 0 Å². The minimum atomic E-state index is -1.29. The van der Waals surface area contributed by atoms with Gasteiger partial charge in [-0.2, -0.15) is 0 Å². The highest BCUT2D eigenvalue weighted by atomic mass is 35.5. The van der Waals surface area contributed by atoms with Crippen LogP contribution in [0.3, 0.4) is 0 Å². The van der Waals surface area contributed by atoms with E-state index >= 15 is 0 Å². The second kappa shape index (κ2) is 13.2. The number of imide groups is 3. The Morgan fingerprint density at radius 1 is 0.833 bits per heavy atom. The highest BCUT2D eigenvalue weighted by Crippen LogP contribution is 2.33. The first-order valence-corrected chi connectivity index (χ1v) is 16.1. The van der Waals surface area contributed by atoms with Gasteiger partial charge in [0.15, 0.2) is 12.0 Å². The summed E-state index contributed by atoms with van der Waals surface area (Å²) in [5, 5.41) is 4.03. The van der Waals surface area contributed by atoms with Crippen LogP contribution in [0.1, 0.15) is 73.4 Å². The van der Waals surface area contributed by atoms with E-state index in [1.807, 2.05) is 51.1 Å². The van der Waals surface area contributed by atoms with Crippen molar-refractivity contribution in [2.75, 3.05) is 13.1 Å². The van der Waals surface area contributed by atoms with Crippen molar-refractivity contribution in [1.82, 2.24) is 5.32 Å². The first-order valence-electron chi connectivity index (χ1n) is 15.7. The minimum absolute atomic E-state index is 0.103. The summed E-state index contributed by atoms with van der Waals surface area (Å²) in [6, 6.07) is 26.6. The van der Waals surface area contributed by atoms with Gasteiger partial charge in [0, 0.05) is 23.1 Å². The van der Waals surface area contributed by atoms with E-state index in [1.165, 1.54) is 12.1 Å². The average molecular weight is 662 g/mol. The fourth-order valence-corrected chi connectivity index (χ4v) is 6.45. The molecule has 5 aromatic rings. The van der Waals surface area contributed by atoms with Gasteiger partial charge in [-0.1, -0.05) is 85.6 Å². The molecule has 0 spiro atoms. The Morgan fingerprint density at radius 2 is 1.46 bits per heavy atom. The monoisotopic (exact) mass is 661 g/mol. The lowest BCUT2D eigenvalue weighted by Gasteiger charge is -2.27. The van der Waals surface area contributed by atoms with Crippen LogP contribution in [-0.2, 0) is 11.2 Å². The molecule has 9 heteroatoms. The van der Waals surface area contributed by atoms with Gasteiger partial charge in [0.1, 0.15) is 11.3 Å². The van der Waals surface area contributed by atoms with Crippen LogP contribution in [0, 0.1) is 12.8 Å². The molecule has 0 unspecified atom stereocenters. The zero-order chi connectivity index (χ0) is 34.2. The minimum Gasteiger partial charge on any atom is -0.459 e. The van der Waals surface area contributed by atoms with Gasteiger partial charge in [-0.15, -0.1) is 4.48 Å². The van der Waals surface area contributed by atoms with Crippen molar-refractivity contribution in [3.05, 3.63) is 151 Å². The molecule has 1 aliphatic heterocycles. The summed E-state index contributed by atoms with van der Waals surface area (Å²) in [5.74, 6) is -2.58. The molecular formula is C39H34ClN2O6+. The van der Waals surface area contributed by atoms with Crippen LogP contribution in [0.5, 0.6) is 0 Å². The number of fused-ring (bicyclic) bond motifs is 2. The number of amides is 3. The highest BCUT2D eigenvalue weighted by molar-refractivity contribution is 6.31. The van der Waals surface area contributed by atoms with Gasteiger partial charge < -0.3 is 4.42 Å². The molecule has 0 saturated heterocycles. The molecule has 4 aromatic carbocycles. The van der Waals surface area contributed by atoms with E-state index in [0.717, 1.165) is 11.1 Å². The predicted octanol–water partition coefficient (Wildman–Crippen LogP) is 6.85. The highest BCUT2D eigenvalue weighted by Gasteiger charge is 2.60. The fraction of sp³-hybridized carbons (Fsp3) is 0.205. The van der Waals surface area contributed by atoms with E-state index in [2.05, 4.69) is 5.32 Å². The van der Waals surface area contributed by atoms with Crippen molar-refractivity contribution >= 4 is 46.1 Å². The number of Topliss-reactive ketones (excluding diaryl/α,β-unsaturated/α-hetero) is 1.